The second-order valence-electron chi connectivity index (χ2n) is 24.0. The van der Waals surface area contributed by atoms with Crippen molar-refractivity contribution in [3.05, 3.63) is 70.8 Å². The Bertz CT molecular complexity index is 1690. The van der Waals surface area contributed by atoms with Crippen LogP contribution in [0, 0.1) is 57.2 Å². The Morgan fingerprint density at radius 3 is 1.13 bits per heavy atom. The molecule has 0 aliphatic carbocycles. The molecule has 0 bridgehead atoms. The number of ether oxygens (including phenoxy) is 2. The van der Waals surface area contributed by atoms with Crippen LogP contribution in [0.4, 0.5) is 0 Å². The largest absolute Gasteiger partial charge is 0.493 e. The van der Waals surface area contributed by atoms with E-state index in [0.29, 0.717) is 82.1 Å². The predicted molar refractivity (Wildman–Crippen MR) is 252 cm³/mol. The number of fused-ring (bicyclic) bond motifs is 1. The third kappa shape index (κ3) is 15.4. The second-order valence-corrected chi connectivity index (χ2v) is 24.0. The minimum Gasteiger partial charge on any atom is -0.493 e. The van der Waals surface area contributed by atoms with E-state index in [-0.39, 0.29) is 22.6 Å². The van der Waals surface area contributed by atoms with Crippen LogP contribution in [0.2, 0.25) is 0 Å². The van der Waals surface area contributed by atoms with Gasteiger partial charge in [0.05, 0.1) is 35.8 Å². The van der Waals surface area contributed by atoms with E-state index in [1.54, 1.807) is 0 Å². The topological polar surface area (TPSA) is 76.7 Å². The first-order valence-electron chi connectivity index (χ1n) is 23.3. The Hall–Kier alpha value is -3.54. The Balaban J connectivity index is 1.53. The van der Waals surface area contributed by atoms with E-state index in [1.807, 2.05) is 48.5 Å². The molecule has 2 aromatic carbocycles. The van der Waals surface area contributed by atoms with Gasteiger partial charge in [-0.3, -0.25) is 9.59 Å². The number of carbonyl (C=O) groups is 2. The Morgan fingerprint density at radius 2 is 0.817 bits per heavy atom. The summed E-state index contributed by atoms with van der Waals surface area (Å²) in [6.07, 6.45) is 9.28. The normalized spacial score (nSPS) is 18.1. The van der Waals surface area contributed by atoms with Crippen molar-refractivity contribution in [1.29, 1.82) is 0 Å². The second kappa shape index (κ2) is 20.1. The molecule has 2 aliphatic heterocycles. The Labute approximate surface area is 366 Å². The lowest BCUT2D eigenvalue weighted by atomic mass is 9.76. The van der Waals surface area contributed by atoms with Crippen LogP contribution in [0.5, 0.6) is 11.5 Å². The first-order valence-corrected chi connectivity index (χ1v) is 23.3. The monoisotopic (exact) mass is 825 g/mol. The van der Waals surface area contributed by atoms with Gasteiger partial charge in [0.15, 0.2) is 0 Å². The molecule has 0 spiro atoms. The molecule has 60 heavy (non-hydrogen) atoms. The molecule has 6 unspecified atom stereocenters. The van der Waals surface area contributed by atoms with Gasteiger partial charge in [-0.15, -0.1) is 0 Å². The van der Waals surface area contributed by atoms with Crippen molar-refractivity contribution >= 4 is 23.2 Å². The van der Waals surface area contributed by atoms with Gasteiger partial charge in [-0.2, -0.15) is 0 Å². The smallest absolute Gasteiger partial charge is 0.258 e. The van der Waals surface area contributed by atoms with Crippen LogP contribution in [-0.4, -0.2) is 25.0 Å². The molecular formula is C54H84N2O4. The van der Waals surface area contributed by atoms with Gasteiger partial charge in [-0.05, 0) is 120 Å². The molecule has 4 rings (SSSR count). The number of hydrogen-bond acceptors (Lipinski definition) is 4. The zero-order valence-electron chi connectivity index (χ0n) is 40.8. The fourth-order valence-electron chi connectivity index (χ4n) is 10.1. The summed E-state index contributed by atoms with van der Waals surface area (Å²) in [6.45, 7) is 38.6. The van der Waals surface area contributed by atoms with Crippen molar-refractivity contribution in [2.75, 3.05) is 13.2 Å². The molecule has 0 saturated carbocycles. The van der Waals surface area contributed by atoms with Crippen LogP contribution in [0.15, 0.2) is 59.7 Å². The average Bonchev–Trinajstić information content (AvgIpc) is 3.62. The number of rotatable bonds is 20. The third-order valence-electron chi connectivity index (χ3n) is 12.3. The van der Waals surface area contributed by atoms with E-state index in [4.69, 9.17) is 9.47 Å². The van der Waals surface area contributed by atoms with Gasteiger partial charge < -0.3 is 20.1 Å². The lowest BCUT2D eigenvalue weighted by Gasteiger charge is -2.31. The SMILES string of the molecule is CC(CCC(COc1cccc(C2=C3C(=O)NC(c4cccc(OCC(CCC(C)CC(C)(C)C)C(C)CC(C)(C)C)c4)=C3C(=O)N2)c1)C(C)CC(C)(C)C)CC(C)(C)C. The van der Waals surface area contributed by atoms with Crippen molar-refractivity contribution in [1.82, 2.24) is 10.6 Å². The van der Waals surface area contributed by atoms with Gasteiger partial charge in [0.1, 0.15) is 11.5 Å². The lowest BCUT2D eigenvalue weighted by Crippen LogP contribution is -2.25. The van der Waals surface area contributed by atoms with Gasteiger partial charge in [0, 0.05) is 11.1 Å². The van der Waals surface area contributed by atoms with Crippen molar-refractivity contribution in [2.45, 2.75) is 162 Å². The summed E-state index contributed by atoms with van der Waals surface area (Å²) in [5.74, 6) is 4.07. The highest BCUT2D eigenvalue weighted by Gasteiger charge is 2.41. The van der Waals surface area contributed by atoms with Crippen molar-refractivity contribution in [3.63, 3.8) is 0 Å². The highest BCUT2D eigenvalue weighted by molar-refractivity contribution is 6.30. The van der Waals surface area contributed by atoms with Crippen molar-refractivity contribution < 1.29 is 19.1 Å². The van der Waals surface area contributed by atoms with Gasteiger partial charge in [-0.1, -0.05) is 148 Å². The minimum absolute atomic E-state index is 0.238. The quantitative estimate of drug-likeness (QED) is 0.139. The molecule has 2 aliphatic rings. The lowest BCUT2D eigenvalue weighted by molar-refractivity contribution is -0.117. The molecule has 6 nitrogen and oxygen atoms in total. The van der Waals surface area contributed by atoms with Crippen LogP contribution >= 0.6 is 0 Å². The van der Waals surface area contributed by atoms with E-state index >= 15 is 0 Å². The highest BCUT2D eigenvalue weighted by atomic mass is 16.5. The first kappa shape index (κ1) is 49.1. The molecule has 334 valence electrons. The van der Waals surface area contributed by atoms with Crippen LogP contribution in [-0.2, 0) is 9.59 Å². The molecule has 0 aromatic heterocycles. The summed E-state index contributed by atoms with van der Waals surface area (Å²) in [6, 6.07) is 15.6. The summed E-state index contributed by atoms with van der Waals surface area (Å²) in [4.78, 5) is 27.4. The van der Waals surface area contributed by atoms with Crippen LogP contribution in [0.25, 0.3) is 11.4 Å². The van der Waals surface area contributed by atoms with Crippen molar-refractivity contribution in [3.8, 4) is 11.5 Å². The number of carbonyl (C=O) groups excluding carboxylic acids is 2. The zero-order chi connectivity index (χ0) is 44.8. The molecule has 2 N–H and O–H groups in total. The van der Waals surface area contributed by atoms with E-state index in [9.17, 15) is 9.59 Å². The fourth-order valence-corrected chi connectivity index (χ4v) is 10.1. The summed E-state index contributed by atoms with van der Waals surface area (Å²) in [5, 5.41) is 6.10. The Kier molecular flexibility index (Phi) is 16.5. The summed E-state index contributed by atoms with van der Waals surface area (Å²) in [5.41, 5.74) is 4.41. The van der Waals surface area contributed by atoms with Crippen LogP contribution in [0.3, 0.4) is 0 Å². The van der Waals surface area contributed by atoms with E-state index < -0.39 is 0 Å². The van der Waals surface area contributed by atoms with Gasteiger partial charge in [-0.25, -0.2) is 0 Å². The molecule has 2 heterocycles. The minimum atomic E-state index is -0.285. The molecular weight excluding hydrogens is 741 g/mol. The molecule has 2 amide bonds. The maximum atomic E-state index is 13.7. The van der Waals surface area contributed by atoms with Gasteiger partial charge in [0.2, 0.25) is 0 Å². The Morgan fingerprint density at radius 1 is 0.483 bits per heavy atom. The summed E-state index contributed by atoms with van der Waals surface area (Å²) >= 11 is 0. The summed E-state index contributed by atoms with van der Waals surface area (Å²) < 4.78 is 13.1. The van der Waals surface area contributed by atoms with Crippen LogP contribution < -0.4 is 20.1 Å². The van der Waals surface area contributed by atoms with Crippen LogP contribution in [0.1, 0.15) is 173 Å². The van der Waals surface area contributed by atoms with Gasteiger partial charge >= 0.3 is 0 Å². The number of nitrogens with one attached hydrogen (secondary N) is 2. The first-order chi connectivity index (χ1) is 27.7. The molecule has 0 saturated heterocycles. The van der Waals surface area contributed by atoms with Gasteiger partial charge in [0.25, 0.3) is 11.8 Å². The number of benzene rings is 2. The van der Waals surface area contributed by atoms with Crippen molar-refractivity contribution in [2.24, 2.45) is 57.2 Å². The molecule has 2 aromatic rings. The van der Waals surface area contributed by atoms with E-state index in [1.165, 1.54) is 25.7 Å². The highest BCUT2D eigenvalue weighted by Crippen LogP contribution is 2.40. The predicted octanol–water partition coefficient (Wildman–Crippen LogP) is 13.9. The average molecular weight is 825 g/mol. The molecule has 6 heteroatoms. The van der Waals surface area contributed by atoms with E-state index in [2.05, 4.69) is 121 Å². The standard InChI is InChI=1S/C54H84N2O4/c1-35(29-51(5,6)7)23-25-41(37(3)31-53(11,12)13)33-59-43-21-17-19-39(27-43)47-45-46(50(58)55-47)48(56-49(45)57)40-20-18-22-44(28-40)60-34-42(38(4)32-54(14,15)16)26-24-36(2)30-52(8,9)10/h17-22,27-28,35-38,41-42H,23-26,29-34H2,1-16H3,(H,55,58)(H,56,57). The molecule has 6 atom stereocenters. The number of amides is 2. The fraction of sp³-hybridized carbons (Fsp3) is 0.667. The maximum Gasteiger partial charge on any atom is 0.258 e. The molecule has 0 fully saturated rings. The summed E-state index contributed by atoms with van der Waals surface area (Å²) in [7, 11) is 0. The third-order valence-corrected chi connectivity index (χ3v) is 12.3. The number of hydrogen-bond donors (Lipinski definition) is 2. The molecule has 0 radical (unpaired) electrons. The van der Waals surface area contributed by atoms with E-state index in [0.717, 1.165) is 48.3 Å². The maximum absolute atomic E-state index is 13.7. The zero-order valence-corrected chi connectivity index (χ0v) is 40.8.